The predicted octanol–water partition coefficient (Wildman–Crippen LogP) is 2.64. The second-order valence-electron chi connectivity index (χ2n) is 3.55. The van der Waals surface area contributed by atoms with E-state index < -0.39 is 0 Å². The molecule has 0 bridgehead atoms. The van der Waals surface area contributed by atoms with E-state index in [0.29, 0.717) is 5.75 Å². The molecule has 0 unspecified atom stereocenters. The Morgan fingerprint density at radius 1 is 1.33 bits per heavy atom. The summed E-state index contributed by atoms with van der Waals surface area (Å²) >= 11 is 0. The maximum Gasteiger partial charge on any atom is 0.120 e. The number of aromatic nitrogens is 1. The highest BCUT2D eigenvalue weighted by Gasteiger charge is 1.98. The van der Waals surface area contributed by atoms with Crippen LogP contribution in [-0.2, 0) is 6.54 Å². The van der Waals surface area contributed by atoms with Crippen molar-refractivity contribution in [2.75, 3.05) is 5.32 Å². The fourth-order valence-electron chi connectivity index (χ4n) is 1.39. The standard InChI is InChI=1S/C12H14N2O/c1-9-4-5-10(7-12(9)15)14-8-11-3-2-6-13-11/h2-7,13-15H,8H2,1H3. The minimum Gasteiger partial charge on any atom is -0.508 e. The fraction of sp³-hybridized carbons (Fsp3) is 0.167. The van der Waals surface area contributed by atoms with Crippen LogP contribution in [0, 0.1) is 6.92 Å². The molecule has 1 aromatic heterocycles. The molecule has 0 atom stereocenters. The van der Waals surface area contributed by atoms with E-state index in [-0.39, 0.29) is 0 Å². The van der Waals surface area contributed by atoms with Crippen LogP contribution in [0.5, 0.6) is 5.75 Å². The normalized spacial score (nSPS) is 10.2. The van der Waals surface area contributed by atoms with Crippen LogP contribution >= 0.6 is 0 Å². The van der Waals surface area contributed by atoms with Gasteiger partial charge in [0.25, 0.3) is 0 Å². The van der Waals surface area contributed by atoms with Gasteiger partial charge in [-0.05, 0) is 30.7 Å². The number of phenolic OH excluding ortho intramolecular Hbond substituents is 1. The lowest BCUT2D eigenvalue weighted by Crippen LogP contribution is -1.99. The molecule has 15 heavy (non-hydrogen) atoms. The van der Waals surface area contributed by atoms with Crippen molar-refractivity contribution in [3.63, 3.8) is 0 Å². The minimum atomic E-state index is 0.325. The van der Waals surface area contributed by atoms with Crippen LogP contribution < -0.4 is 5.32 Å². The molecule has 1 aromatic carbocycles. The molecule has 0 aliphatic carbocycles. The summed E-state index contributed by atoms with van der Waals surface area (Å²) in [6.07, 6.45) is 1.89. The molecule has 3 heteroatoms. The maximum atomic E-state index is 9.51. The summed E-state index contributed by atoms with van der Waals surface area (Å²) in [4.78, 5) is 3.11. The first-order chi connectivity index (χ1) is 7.25. The Labute approximate surface area is 88.8 Å². The Morgan fingerprint density at radius 3 is 2.87 bits per heavy atom. The van der Waals surface area contributed by atoms with Gasteiger partial charge in [-0.25, -0.2) is 0 Å². The first-order valence-electron chi connectivity index (χ1n) is 4.91. The van der Waals surface area contributed by atoms with Crippen molar-refractivity contribution in [2.45, 2.75) is 13.5 Å². The summed E-state index contributed by atoms with van der Waals surface area (Å²) in [6.45, 7) is 2.61. The summed E-state index contributed by atoms with van der Waals surface area (Å²) in [7, 11) is 0. The van der Waals surface area contributed by atoms with Gasteiger partial charge in [-0.3, -0.25) is 0 Å². The minimum absolute atomic E-state index is 0.325. The van der Waals surface area contributed by atoms with E-state index in [1.54, 1.807) is 6.07 Å². The number of nitrogens with one attached hydrogen (secondary N) is 2. The monoisotopic (exact) mass is 202 g/mol. The lowest BCUT2D eigenvalue weighted by molar-refractivity contribution is 0.471. The van der Waals surface area contributed by atoms with E-state index >= 15 is 0 Å². The number of hydrogen-bond acceptors (Lipinski definition) is 2. The van der Waals surface area contributed by atoms with Gasteiger partial charge in [-0.1, -0.05) is 6.07 Å². The van der Waals surface area contributed by atoms with Gasteiger partial charge in [-0.15, -0.1) is 0 Å². The quantitative estimate of drug-likeness (QED) is 0.716. The molecular weight excluding hydrogens is 188 g/mol. The first-order valence-corrected chi connectivity index (χ1v) is 4.91. The third kappa shape index (κ3) is 2.31. The number of anilines is 1. The summed E-state index contributed by atoms with van der Waals surface area (Å²) in [5.41, 5.74) is 2.93. The van der Waals surface area contributed by atoms with Crippen molar-refractivity contribution in [1.29, 1.82) is 0 Å². The third-order valence-electron chi connectivity index (χ3n) is 2.35. The Balaban J connectivity index is 2.02. The van der Waals surface area contributed by atoms with Gasteiger partial charge < -0.3 is 15.4 Å². The number of benzene rings is 1. The topological polar surface area (TPSA) is 48.0 Å². The van der Waals surface area contributed by atoms with E-state index in [2.05, 4.69) is 10.3 Å². The van der Waals surface area contributed by atoms with E-state index in [4.69, 9.17) is 0 Å². The molecule has 0 saturated heterocycles. The molecule has 0 spiro atoms. The van der Waals surface area contributed by atoms with E-state index in [1.807, 2.05) is 37.4 Å². The summed E-state index contributed by atoms with van der Waals surface area (Å²) in [5.74, 6) is 0.325. The Bertz CT molecular complexity index is 435. The third-order valence-corrected chi connectivity index (χ3v) is 2.35. The number of phenols is 1. The molecular formula is C12H14N2O. The molecule has 3 N–H and O–H groups in total. The van der Waals surface area contributed by atoms with Gasteiger partial charge in [0.1, 0.15) is 5.75 Å². The Morgan fingerprint density at radius 2 is 2.20 bits per heavy atom. The van der Waals surface area contributed by atoms with Crippen molar-refractivity contribution in [2.24, 2.45) is 0 Å². The largest absolute Gasteiger partial charge is 0.508 e. The second-order valence-corrected chi connectivity index (χ2v) is 3.55. The van der Waals surface area contributed by atoms with Crippen LogP contribution in [0.1, 0.15) is 11.3 Å². The Hall–Kier alpha value is -1.90. The molecule has 0 radical (unpaired) electrons. The zero-order valence-electron chi connectivity index (χ0n) is 8.62. The number of aromatic amines is 1. The van der Waals surface area contributed by atoms with Gasteiger partial charge in [0, 0.05) is 23.6 Å². The lowest BCUT2D eigenvalue weighted by Gasteiger charge is -2.06. The summed E-state index contributed by atoms with van der Waals surface area (Å²) in [6, 6.07) is 9.56. The average molecular weight is 202 g/mol. The highest BCUT2D eigenvalue weighted by Crippen LogP contribution is 2.20. The van der Waals surface area contributed by atoms with Crippen LogP contribution in [0.3, 0.4) is 0 Å². The highest BCUT2D eigenvalue weighted by molar-refractivity contribution is 5.50. The van der Waals surface area contributed by atoms with Crippen LogP contribution in [-0.4, -0.2) is 10.1 Å². The number of aromatic hydroxyl groups is 1. The number of hydrogen-bond donors (Lipinski definition) is 3. The second kappa shape index (κ2) is 4.09. The smallest absolute Gasteiger partial charge is 0.120 e. The molecule has 3 nitrogen and oxygen atoms in total. The van der Waals surface area contributed by atoms with Gasteiger partial charge in [-0.2, -0.15) is 0 Å². The summed E-state index contributed by atoms with van der Waals surface area (Å²) < 4.78 is 0. The van der Waals surface area contributed by atoms with Crippen molar-refractivity contribution < 1.29 is 5.11 Å². The molecule has 0 aliphatic heterocycles. The van der Waals surface area contributed by atoms with Crippen LogP contribution in [0.2, 0.25) is 0 Å². The zero-order valence-corrected chi connectivity index (χ0v) is 8.62. The van der Waals surface area contributed by atoms with Gasteiger partial charge in [0.15, 0.2) is 0 Å². The Kier molecular flexibility index (Phi) is 2.63. The number of aryl methyl sites for hydroxylation is 1. The molecule has 0 fully saturated rings. The van der Waals surface area contributed by atoms with Crippen LogP contribution in [0.25, 0.3) is 0 Å². The highest BCUT2D eigenvalue weighted by atomic mass is 16.3. The molecule has 2 aromatic rings. The van der Waals surface area contributed by atoms with Gasteiger partial charge in [0.2, 0.25) is 0 Å². The van der Waals surface area contributed by atoms with E-state index in [1.165, 1.54) is 0 Å². The molecule has 78 valence electrons. The van der Waals surface area contributed by atoms with Crippen molar-refractivity contribution in [3.8, 4) is 5.75 Å². The summed E-state index contributed by atoms with van der Waals surface area (Å²) in [5, 5.41) is 12.7. The SMILES string of the molecule is Cc1ccc(NCc2ccc[nH]2)cc1O. The average Bonchev–Trinajstić information content (AvgIpc) is 2.73. The van der Waals surface area contributed by atoms with E-state index in [9.17, 15) is 5.11 Å². The number of H-pyrrole nitrogens is 1. The van der Waals surface area contributed by atoms with Crippen LogP contribution in [0.15, 0.2) is 36.5 Å². The van der Waals surface area contributed by atoms with Crippen molar-refractivity contribution in [3.05, 3.63) is 47.8 Å². The molecule has 0 amide bonds. The molecule has 0 aliphatic rings. The van der Waals surface area contributed by atoms with Crippen molar-refractivity contribution in [1.82, 2.24) is 4.98 Å². The van der Waals surface area contributed by atoms with Gasteiger partial charge in [0.05, 0.1) is 6.54 Å². The molecule has 2 rings (SSSR count). The first kappa shape index (κ1) is 9.65. The lowest BCUT2D eigenvalue weighted by atomic mass is 10.2. The molecule has 0 saturated carbocycles. The maximum absolute atomic E-state index is 9.51. The fourth-order valence-corrected chi connectivity index (χ4v) is 1.39. The predicted molar refractivity (Wildman–Crippen MR) is 61.0 cm³/mol. The van der Waals surface area contributed by atoms with Crippen molar-refractivity contribution >= 4 is 5.69 Å². The zero-order chi connectivity index (χ0) is 10.7. The number of rotatable bonds is 3. The van der Waals surface area contributed by atoms with Gasteiger partial charge >= 0.3 is 0 Å². The molecule has 1 heterocycles. The van der Waals surface area contributed by atoms with E-state index in [0.717, 1.165) is 23.5 Å². The van der Waals surface area contributed by atoms with Crippen LogP contribution in [0.4, 0.5) is 5.69 Å².